The normalized spacial score (nSPS) is 12.0. The quantitative estimate of drug-likeness (QED) is 0.364. The van der Waals surface area contributed by atoms with Gasteiger partial charge < -0.3 is 5.11 Å². The number of aromatic nitrogens is 3. The Hall–Kier alpha value is -3.46. The number of aryl methyl sites for hydroxylation is 2. The van der Waals surface area contributed by atoms with Crippen molar-refractivity contribution in [3.8, 4) is 11.1 Å². The fraction of sp³-hybridized carbons (Fsp3) is 0.280. The largest absolute Gasteiger partial charge is 0.481 e. The second-order valence-corrected chi connectivity index (χ2v) is 10.5. The van der Waals surface area contributed by atoms with Crippen LogP contribution in [-0.4, -0.2) is 33.2 Å². The molecule has 0 saturated carbocycles. The Kier molecular flexibility index (Phi) is 6.56. The maximum Gasteiger partial charge on any atom is 0.303 e. The molecule has 4 aromatic rings. The highest BCUT2D eigenvalue weighted by molar-refractivity contribution is 7.90. The van der Waals surface area contributed by atoms with Crippen molar-refractivity contribution >= 4 is 26.9 Å². The SMILES string of the molecule is CC(C)CCn1cc(-c2cccc(S(=O)(=O)n3cc(CCC(=O)O)c4cc(F)ccc43)c2)cn1. The van der Waals surface area contributed by atoms with E-state index in [4.69, 9.17) is 5.11 Å². The molecule has 0 aliphatic rings. The molecule has 34 heavy (non-hydrogen) atoms. The summed E-state index contributed by atoms with van der Waals surface area (Å²) in [5.41, 5.74) is 2.28. The summed E-state index contributed by atoms with van der Waals surface area (Å²) in [6, 6.07) is 10.4. The molecule has 2 aromatic heterocycles. The van der Waals surface area contributed by atoms with Gasteiger partial charge in [-0.3, -0.25) is 9.48 Å². The summed E-state index contributed by atoms with van der Waals surface area (Å²) in [7, 11) is -4.02. The number of fused-ring (bicyclic) bond motifs is 1. The number of carboxylic acids is 1. The molecule has 0 spiro atoms. The molecular formula is C25H26FN3O4S. The smallest absolute Gasteiger partial charge is 0.303 e. The van der Waals surface area contributed by atoms with Crippen molar-refractivity contribution in [3.63, 3.8) is 0 Å². The summed E-state index contributed by atoms with van der Waals surface area (Å²) in [5, 5.41) is 13.8. The topological polar surface area (TPSA) is 94.2 Å². The van der Waals surface area contributed by atoms with E-state index in [0.717, 1.165) is 22.5 Å². The molecule has 0 fully saturated rings. The van der Waals surface area contributed by atoms with Crippen LogP contribution in [0.3, 0.4) is 0 Å². The second-order valence-electron chi connectivity index (χ2n) is 8.71. The van der Waals surface area contributed by atoms with Gasteiger partial charge in [-0.2, -0.15) is 5.10 Å². The van der Waals surface area contributed by atoms with Gasteiger partial charge in [0, 0.05) is 36.3 Å². The van der Waals surface area contributed by atoms with E-state index < -0.39 is 21.8 Å². The predicted molar refractivity (Wildman–Crippen MR) is 128 cm³/mol. The van der Waals surface area contributed by atoms with Crippen molar-refractivity contribution in [2.45, 2.75) is 44.6 Å². The zero-order valence-electron chi connectivity index (χ0n) is 19.0. The van der Waals surface area contributed by atoms with Crippen LogP contribution in [0.1, 0.15) is 32.3 Å². The average Bonchev–Trinajstić information content (AvgIpc) is 3.41. The van der Waals surface area contributed by atoms with Crippen LogP contribution < -0.4 is 0 Å². The Balaban J connectivity index is 1.72. The Labute approximate surface area is 197 Å². The number of rotatable bonds is 9. The molecule has 0 amide bonds. The molecule has 178 valence electrons. The number of benzene rings is 2. The van der Waals surface area contributed by atoms with Crippen LogP contribution in [0.25, 0.3) is 22.0 Å². The third kappa shape index (κ3) is 4.89. The molecular weight excluding hydrogens is 457 g/mol. The van der Waals surface area contributed by atoms with Gasteiger partial charge in [0.2, 0.25) is 0 Å². The lowest BCUT2D eigenvalue weighted by atomic mass is 10.1. The second kappa shape index (κ2) is 9.42. The van der Waals surface area contributed by atoms with Crippen LogP contribution in [-0.2, 0) is 27.8 Å². The van der Waals surface area contributed by atoms with Crippen LogP contribution >= 0.6 is 0 Å². The monoisotopic (exact) mass is 483 g/mol. The van der Waals surface area contributed by atoms with Gasteiger partial charge >= 0.3 is 5.97 Å². The van der Waals surface area contributed by atoms with E-state index in [1.165, 1.54) is 30.5 Å². The van der Waals surface area contributed by atoms with E-state index in [-0.39, 0.29) is 17.7 Å². The number of hydrogen-bond donors (Lipinski definition) is 1. The van der Waals surface area contributed by atoms with Crippen molar-refractivity contribution in [3.05, 3.63) is 72.4 Å². The molecule has 2 heterocycles. The molecule has 0 radical (unpaired) electrons. The van der Waals surface area contributed by atoms with E-state index in [2.05, 4.69) is 18.9 Å². The molecule has 0 aliphatic carbocycles. The third-order valence-corrected chi connectivity index (χ3v) is 7.39. The number of nitrogens with zero attached hydrogens (tertiary/aromatic N) is 3. The van der Waals surface area contributed by atoms with E-state index in [0.29, 0.717) is 27.9 Å². The Bertz CT molecular complexity index is 1450. The Morgan fingerprint density at radius 2 is 1.91 bits per heavy atom. The van der Waals surface area contributed by atoms with Crippen molar-refractivity contribution in [1.29, 1.82) is 0 Å². The van der Waals surface area contributed by atoms with Crippen LogP contribution in [0.15, 0.2) is 66.0 Å². The Morgan fingerprint density at radius 3 is 2.65 bits per heavy atom. The number of aliphatic carboxylic acids is 1. The Morgan fingerprint density at radius 1 is 1.12 bits per heavy atom. The molecule has 7 nitrogen and oxygen atoms in total. The fourth-order valence-corrected chi connectivity index (χ4v) is 5.29. The maximum absolute atomic E-state index is 13.9. The lowest BCUT2D eigenvalue weighted by Gasteiger charge is -2.09. The predicted octanol–water partition coefficient (Wildman–Crippen LogP) is 4.94. The molecule has 9 heteroatoms. The summed E-state index contributed by atoms with van der Waals surface area (Å²) in [5.74, 6) is -0.983. The highest BCUT2D eigenvalue weighted by atomic mass is 32.2. The number of halogens is 1. The highest BCUT2D eigenvalue weighted by Gasteiger charge is 2.22. The zero-order chi connectivity index (χ0) is 24.5. The van der Waals surface area contributed by atoms with Crippen LogP contribution in [0.2, 0.25) is 0 Å². The van der Waals surface area contributed by atoms with Crippen molar-refractivity contribution in [2.75, 3.05) is 0 Å². The minimum absolute atomic E-state index is 0.0749. The van der Waals surface area contributed by atoms with Gasteiger partial charge in [-0.1, -0.05) is 26.0 Å². The average molecular weight is 484 g/mol. The van der Waals surface area contributed by atoms with Crippen LogP contribution in [0, 0.1) is 11.7 Å². The summed E-state index contributed by atoms with van der Waals surface area (Å²) < 4.78 is 44.0. The standard InChI is InChI=1S/C25H26FN3O4S/c1-17(2)10-11-28-15-20(14-27-28)18-4-3-5-22(12-18)34(32,33)29-16-19(6-9-25(30)31)23-13-21(26)7-8-24(23)29/h3-5,7-8,12-17H,6,9-11H2,1-2H3,(H,30,31). The summed E-state index contributed by atoms with van der Waals surface area (Å²) in [6.07, 6.45) is 5.88. The van der Waals surface area contributed by atoms with Crippen molar-refractivity contribution < 1.29 is 22.7 Å². The van der Waals surface area contributed by atoms with Gasteiger partial charge in [-0.15, -0.1) is 0 Å². The van der Waals surface area contributed by atoms with E-state index in [1.807, 2.05) is 16.9 Å². The van der Waals surface area contributed by atoms with E-state index in [9.17, 15) is 17.6 Å². The molecule has 1 N–H and O–H groups in total. The first kappa shape index (κ1) is 23.7. The van der Waals surface area contributed by atoms with Gasteiger partial charge in [0.05, 0.1) is 16.6 Å². The first-order valence-corrected chi connectivity index (χ1v) is 12.5. The molecule has 0 bridgehead atoms. The minimum atomic E-state index is -4.02. The summed E-state index contributed by atoms with van der Waals surface area (Å²) in [4.78, 5) is 11.1. The molecule has 2 aromatic carbocycles. The molecule has 4 rings (SSSR count). The summed E-state index contributed by atoms with van der Waals surface area (Å²) >= 11 is 0. The van der Waals surface area contributed by atoms with Gasteiger partial charge in [0.25, 0.3) is 10.0 Å². The number of hydrogen-bond acceptors (Lipinski definition) is 4. The van der Waals surface area contributed by atoms with E-state index >= 15 is 0 Å². The van der Waals surface area contributed by atoms with Crippen molar-refractivity contribution in [1.82, 2.24) is 13.8 Å². The van der Waals surface area contributed by atoms with Crippen LogP contribution in [0.5, 0.6) is 0 Å². The van der Waals surface area contributed by atoms with Crippen LogP contribution in [0.4, 0.5) is 4.39 Å². The first-order valence-electron chi connectivity index (χ1n) is 11.0. The summed E-state index contributed by atoms with van der Waals surface area (Å²) in [6.45, 7) is 5.07. The van der Waals surface area contributed by atoms with Gasteiger partial charge in [0.15, 0.2) is 0 Å². The molecule has 0 aliphatic heterocycles. The van der Waals surface area contributed by atoms with E-state index in [1.54, 1.807) is 18.3 Å². The number of carbonyl (C=O) groups is 1. The zero-order valence-corrected chi connectivity index (χ0v) is 19.8. The highest BCUT2D eigenvalue weighted by Crippen LogP contribution is 2.29. The fourth-order valence-electron chi connectivity index (χ4n) is 3.85. The first-order chi connectivity index (χ1) is 16.1. The minimum Gasteiger partial charge on any atom is -0.481 e. The lowest BCUT2D eigenvalue weighted by Crippen LogP contribution is -2.12. The van der Waals surface area contributed by atoms with Gasteiger partial charge in [-0.05, 0) is 60.2 Å². The third-order valence-electron chi connectivity index (χ3n) is 5.72. The number of carboxylic acid groups (broad SMARTS) is 1. The van der Waals surface area contributed by atoms with Gasteiger partial charge in [0.1, 0.15) is 5.82 Å². The molecule has 0 atom stereocenters. The maximum atomic E-state index is 13.9. The molecule has 0 unspecified atom stereocenters. The molecule has 0 saturated heterocycles. The lowest BCUT2D eigenvalue weighted by molar-refractivity contribution is -0.136. The van der Waals surface area contributed by atoms with Crippen molar-refractivity contribution in [2.24, 2.45) is 5.92 Å². The van der Waals surface area contributed by atoms with Gasteiger partial charge in [-0.25, -0.2) is 16.8 Å².